The molecule has 1 aromatic heterocycles. The van der Waals surface area contributed by atoms with Gasteiger partial charge in [0.2, 0.25) is 0 Å². The summed E-state index contributed by atoms with van der Waals surface area (Å²) in [7, 11) is 0. The summed E-state index contributed by atoms with van der Waals surface area (Å²) in [5.41, 5.74) is 1.06. The number of hydrogen-bond donors (Lipinski definition) is 1. The molecule has 0 aromatic carbocycles. The van der Waals surface area contributed by atoms with Crippen LogP contribution in [0.1, 0.15) is 76.7 Å². The number of anilines is 1. The second kappa shape index (κ2) is 7.05. The van der Waals surface area contributed by atoms with Gasteiger partial charge >= 0.3 is 0 Å². The minimum Gasteiger partial charge on any atom is -0.367 e. The van der Waals surface area contributed by atoms with Crippen molar-refractivity contribution in [1.82, 2.24) is 9.97 Å². The van der Waals surface area contributed by atoms with Crippen LogP contribution in [0.5, 0.6) is 0 Å². The van der Waals surface area contributed by atoms with Gasteiger partial charge < -0.3 is 5.32 Å². The molecular formula is C17H29N3. The summed E-state index contributed by atoms with van der Waals surface area (Å²) in [6.45, 7) is 8.64. The number of aryl methyl sites for hydroxylation is 1. The van der Waals surface area contributed by atoms with Gasteiger partial charge in [0, 0.05) is 23.7 Å². The van der Waals surface area contributed by atoms with Crippen LogP contribution >= 0.6 is 0 Å². The molecule has 0 saturated heterocycles. The first-order valence-corrected chi connectivity index (χ1v) is 8.22. The van der Waals surface area contributed by atoms with Gasteiger partial charge in [-0.05, 0) is 32.1 Å². The third kappa shape index (κ3) is 3.94. The summed E-state index contributed by atoms with van der Waals surface area (Å²) < 4.78 is 0. The molecule has 0 amide bonds. The topological polar surface area (TPSA) is 37.8 Å². The smallest absolute Gasteiger partial charge is 0.133 e. The van der Waals surface area contributed by atoms with Crippen LogP contribution in [0, 0.1) is 12.8 Å². The van der Waals surface area contributed by atoms with Crippen molar-refractivity contribution in [2.24, 2.45) is 5.92 Å². The zero-order valence-electron chi connectivity index (χ0n) is 13.4. The van der Waals surface area contributed by atoms with Gasteiger partial charge in [-0.1, -0.05) is 40.0 Å². The number of aromatic nitrogens is 2. The molecule has 2 rings (SSSR count). The maximum atomic E-state index is 4.69. The van der Waals surface area contributed by atoms with Crippen LogP contribution < -0.4 is 5.32 Å². The molecule has 3 nitrogen and oxygen atoms in total. The second-order valence-corrected chi connectivity index (χ2v) is 6.46. The van der Waals surface area contributed by atoms with E-state index < -0.39 is 0 Å². The molecule has 112 valence electrons. The molecule has 1 aromatic rings. The van der Waals surface area contributed by atoms with Crippen LogP contribution in [-0.2, 0) is 0 Å². The average molecular weight is 275 g/mol. The molecule has 1 unspecified atom stereocenters. The van der Waals surface area contributed by atoms with Crippen LogP contribution in [0.4, 0.5) is 5.82 Å². The Balaban J connectivity index is 2.10. The molecule has 1 heterocycles. The van der Waals surface area contributed by atoms with E-state index in [1.807, 2.05) is 0 Å². The summed E-state index contributed by atoms with van der Waals surface area (Å²) in [6.07, 6.45) is 8.10. The van der Waals surface area contributed by atoms with Crippen LogP contribution in [0.3, 0.4) is 0 Å². The molecule has 0 aliphatic heterocycles. The molecule has 1 atom stereocenters. The third-order valence-electron chi connectivity index (χ3n) is 4.38. The van der Waals surface area contributed by atoms with E-state index in [1.165, 1.54) is 38.5 Å². The minimum absolute atomic E-state index is 0.380. The van der Waals surface area contributed by atoms with Crippen LogP contribution in [-0.4, -0.2) is 16.0 Å². The Labute approximate surface area is 123 Å². The molecule has 3 heteroatoms. The number of rotatable bonds is 5. The normalized spacial score (nSPS) is 18.2. The van der Waals surface area contributed by atoms with Crippen molar-refractivity contribution < 1.29 is 0 Å². The Morgan fingerprint density at radius 2 is 1.90 bits per heavy atom. The summed E-state index contributed by atoms with van der Waals surface area (Å²) in [5.74, 6) is 3.15. The molecular weight excluding hydrogens is 246 g/mol. The molecule has 20 heavy (non-hydrogen) atoms. The average Bonchev–Trinajstić information content (AvgIpc) is 2.45. The Hall–Kier alpha value is -1.12. The molecule has 1 saturated carbocycles. The third-order valence-corrected chi connectivity index (χ3v) is 4.38. The Morgan fingerprint density at radius 3 is 2.50 bits per heavy atom. The summed E-state index contributed by atoms with van der Waals surface area (Å²) in [6, 6.07) is 2.64. The van der Waals surface area contributed by atoms with E-state index in [0.717, 1.165) is 23.3 Å². The number of nitrogens with zero attached hydrogens (tertiary/aromatic N) is 2. The van der Waals surface area contributed by atoms with Gasteiger partial charge in [0.05, 0.1) is 0 Å². The lowest BCUT2D eigenvalue weighted by Gasteiger charge is -2.30. The van der Waals surface area contributed by atoms with Crippen molar-refractivity contribution in [2.45, 2.75) is 78.2 Å². The predicted molar refractivity (Wildman–Crippen MR) is 85.1 cm³/mol. The van der Waals surface area contributed by atoms with Gasteiger partial charge in [-0.2, -0.15) is 0 Å². The van der Waals surface area contributed by atoms with Gasteiger partial charge in [0.15, 0.2) is 0 Å². The quantitative estimate of drug-likeness (QED) is 0.848. The largest absolute Gasteiger partial charge is 0.367 e. The van der Waals surface area contributed by atoms with Crippen LogP contribution in [0.2, 0.25) is 0 Å². The van der Waals surface area contributed by atoms with E-state index >= 15 is 0 Å². The second-order valence-electron chi connectivity index (χ2n) is 6.46. The van der Waals surface area contributed by atoms with E-state index in [-0.39, 0.29) is 0 Å². The van der Waals surface area contributed by atoms with E-state index in [2.05, 4.69) is 44.1 Å². The first kappa shape index (κ1) is 15.3. The Morgan fingerprint density at radius 1 is 1.20 bits per heavy atom. The highest BCUT2D eigenvalue weighted by molar-refractivity contribution is 5.37. The highest BCUT2D eigenvalue weighted by atomic mass is 15.1. The molecule has 1 N–H and O–H groups in total. The van der Waals surface area contributed by atoms with Crippen molar-refractivity contribution in [3.05, 3.63) is 17.6 Å². The fourth-order valence-corrected chi connectivity index (χ4v) is 3.20. The first-order chi connectivity index (χ1) is 9.60. The van der Waals surface area contributed by atoms with E-state index in [1.54, 1.807) is 0 Å². The van der Waals surface area contributed by atoms with Crippen LogP contribution in [0.25, 0.3) is 0 Å². The SMILES string of the molecule is CCC(Nc1cc(C)nc(C(C)C)n1)C1CCCCC1. The Bertz CT molecular complexity index is 422. The lowest BCUT2D eigenvalue weighted by molar-refractivity contribution is 0.312. The molecule has 1 aliphatic rings. The zero-order valence-corrected chi connectivity index (χ0v) is 13.4. The summed E-state index contributed by atoms with van der Waals surface area (Å²) >= 11 is 0. The van der Waals surface area contributed by atoms with Gasteiger partial charge in [-0.3, -0.25) is 0 Å². The molecule has 1 fully saturated rings. The number of hydrogen-bond acceptors (Lipinski definition) is 3. The predicted octanol–water partition coefficient (Wildman–Crippen LogP) is 4.68. The maximum absolute atomic E-state index is 4.69. The van der Waals surface area contributed by atoms with Gasteiger partial charge in [-0.25, -0.2) is 9.97 Å². The highest BCUT2D eigenvalue weighted by Gasteiger charge is 2.22. The van der Waals surface area contributed by atoms with Crippen molar-refractivity contribution >= 4 is 5.82 Å². The zero-order chi connectivity index (χ0) is 14.5. The summed E-state index contributed by atoms with van der Waals surface area (Å²) in [4.78, 5) is 9.22. The fraction of sp³-hybridized carbons (Fsp3) is 0.765. The first-order valence-electron chi connectivity index (χ1n) is 8.22. The monoisotopic (exact) mass is 275 g/mol. The molecule has 1 aliphatic carbocycles. The van der Waals surface area contributed by atoms with E-state index in [9.17, 15) is 0 Å². The van der Waals surface area contributed by atoms with E-state index in [4.69, 9.17) is 4.98 Å². The van der Waals surface area contributed by atoms with Crippen molar-refractivity contribution in [3.8, 4) is 0 Å². The van der Waals surface area contributed by atoms with Crippen molar-refractivity contribution in [3.63, 3.8) is 0 Å². The summed E-state index contributed by atoms with van der Waals surface area (Å²) in [5, 5.41) is 3.68. The highest BCUT2D eigenvalue weighted by Crippen LogP contribution is 2.29. The minimum atomic E-state index is 0.380. The lowest BCUT2D eigenvalue weighted by atomic mass is 9.83. The number of nitrogens with one attached hydrogen (secondary N) is 1. The van der Waals surface area contributed by atoms with Crippen molar-refractivity contribution in [1.29, 1.82) is 0 Å². The van der Waals surface area contributed by atoms with Gasteiger partial charge in [0.1, 0.15) is 11.6 Å². The maximum Gasteiger partial charge on any atom is 0.133 e. The Kier molecular flexibility index (Phi) is 5.38. The van der Waals surface area contributed by atoms with Gasteiger partial charge in [-0.15, -0.1) is 0 Å². The van der Waals surface area contributed by atoms with E-state index in [0.29, 0.717) is 12.0 Å². The van der Waals surface area contributed by atoms with Crippen LogP contribution in [0.15, 0.2) is 6.07 Å². The molecule has 0 spiro atoms. The fourth-order valence-electron chi connectivity index (χ4n) is 3.20. The van der Waals surface area contributed by atoms with Crippen molar-refractivity contribution in [2.75, 3.05) is 5.32 Å². The standard InChI is InChI=1S/C17H29N3/c1-5-15(14-9-7-6-8-10-14)19-16-11-13(4)18-17(20-16)12(2)3/h11-12,14-15H,5-10H2,1-4H3,(H,18,19,20). The molecule has 0 bridgehead atoms. The molecule has 0 radical (unpaired) electrons. The van der Waals surface area contributed by atoms with Gasteiger partial charge in [0.25, 0.3) is 0 Å². The lowest BCUT2D eigenvalue weighted by Crippen LogP contribution is -2.30.